The van der Waals surface area contributed by atoms with Gasteiger partial charge in [0, 0.05) is 10.0 Å². The summed E-state index contributed by atoms with van der Waals surface area (Å²) in [6.07, 6.45) is -0.130. The van der Waals surface area contributed by atoms with Crippen molar-refractivity contribution in [3.8, 4) is 0 Å². The molecule has 0 aliphatic rings. The Kier molecular flexibility index (Phi) is 7.77. The molecule has 0 saturated carbocycles. The summed E-state index contributed by atoms with van der Waals surface area (Å²) >= 11 is 3.32. The molecule has 0 radical (unpaired) electrons. The molecular formula is C18H27BrFNO3S. The van der Waals surface area contributed by atoms with Crippen molar-refractivity contribution < 1.29 is 18.1 Å². The van der Waals surface area contributed by atoms with Crippen LogP contribution in [0.15, 0.2) is 22.7 Å². The summed E-state index contributed by atoms with van der Waals surface area (Å²) in [5, 5.41) is 0. The lowest BCUT2D eigenvalue weighted by molar-refractivity contribution is -0.146. The zero-order chi connectivity index (χ0) is 19.4. The predicted octanol–water partition coefficient (Wildman–Crippen LogP) is 4.44. The zero-order valence-corrected chi connectivity index (χ0v) is 18.0. The van der Waals surface area contributed by atoms with Gasteiger partial charge < -0.3 is 4.74 Å². The Morgan fingerprint density at radius 3 is 2.44 bits per heavy atom. The second-order valence-corrected chi connectivity index (χ2v) is 10.6. The quantitative estimate of drug-likeness (QED) is 0.643. The number of rotatable bonds is 7. The molecule has 0 amide bonds. The standard InChI is InChI=1S/C18H27BrFNO3S/c1-12(2)11-24-16(22)10-18(6,21-25(23)17(3,4)5)14-9-13(19)7-8-15(14)20/h7-9,12,21H,10-11H2,1-6H3/t18-,25+/m0/s1. The molecule has 0 aliphatic carbocycles. The van der Waals surface area contributed by atoms with Gasteiger partial charge in [0.25, 0.3) is 0 Å². The molecule has 0 heterocycles. The average molecular weight is 436 g/mol. The van der Waals surface area contributed by atoms with Gasteiger partial charge in [-0.1, -0.05) is 29.8 Å². The van der Waals surface area contributed by atoms with E-state index in [4.69, 9.17) is 4.74 Å². The van der Waals surface area contributed by atoms with Crippen LogP contribution in [0.4, 0.5) is 4.39 Å². The first-order chi connectivity index (χ1) is 11.3. The van der Waals surface area contributed by atoms with E-state index >= 15 is 0 Å². The van der Waals surface area contributed by atoms with Crippen LogP contribution in [0.2, 0.25) is 0 Å². The summed E-state index contributed by atoms with van der Waals surface area (Å²) in [5.41, 5.74) is -0.902. The van der Waals surface area contributed by atoms with Gasteiger partial charge in [-0.15, -0.1) is 0 Å². The van der Waals surface area contributed by atoms with Crippen LogP contribution in [0.25, 0.3) is 0 Å². The first-order valence-corrected chi connectivity index (χ1v) is 10.1. The molecule has 0 bridgehead atoms. The maximum Gasteiger partial charge on any atom is 0.308 e. The molecule has 0 aromatic heterocycles. The maximum absolute atomic E-state index is 14.5. The number of carbonyl (C=O) groups excluding carboxylic acids is 1. The van der Waals surface area contributed by atoms with Gasteiger partial charge in [-0.25, -0.2) is 13.3 Å². The molecule has 1 aromatic carbocycles. The number of esters is 1. The Balaban J connectivity index is 3.19. The highest BCUT2D eigenvalue weighted by atomic mass is 79.9. The van der Waals surface area contributed by atoms with Crippen LogP contribution >= 0.6 is 15.9 Å². The SMILES string of the molecule is CC(C)COC(=O)C[C@](C)(N[S@](=O)C(C)(C)C)c1cc(Br)ccc1F. The van der Waals surface area contributed by atoms with E-state index < -0.39 is 33.1 Å². The van der Waals surface area contributed by atoms with Gasteiger partial charge in [0.2, 0.25) is 0 Å². The molecule has 7 heteroatoms. The summed E-state index contributed by atoms with van der Waals surface area (Å²) in [7, 11) is -1.49. The molecule has 0 unspecified atom stereocenters. The Labute approximate surface area is 160 Å². The van der Waals surface area contributed by atoms with Crippen LogP contribution in [0.3, 0.4) is 0 Å². The summed E-state index contributed by atoms with van der Waals surface area (Å²) in [4.78, 5) is 12.3. The van der Waals surface area contributed by atoms with E-state index in [0.29, 0.717) is 4.47 Å². The van der Waals surface area contributed by atoms with Gasteiger partial charge in [0.05, 0.1) is 34.3 Å². The molecule has 1 rings (SSSR count). The molecular weight excluding hydrogens is 409 g/mol. The number of ether oxygens (including phenoxy) is 1. The smallest absolute Gasteiger partial charge is 0.308 e. The van der Waals surface area contributed by atoms with E-state index in [0.717, 1.165) is 0 Å². The average Bonchev–Trinajstić information content (AvgIpc) is 2.46. The third-order valence-corrected chi connectivity index (χ3v) is 5.71. The third-order valence-electron chi connectivity index (χ3n) is 3.47. The van der Waals surface area contributed by atoms with Gasteiger partial charge in [-0.2, -0.15) is 0 Å². The molecule has 0 spiro atoms. The van der Waals surface area contributed by atoms with Gasteiger partial charge in [0.15, 0.2) is 0 Å². The van der Waals surface area contributed by atoms with E-state index in [2.05, 4.69) is 20.7 Å². The fourth-order valence-electron chi connectivity index (χ4n) is 2.06. The minimum atomic E-state index is -1.49. The Bertz CT molecular complexity index is 646. The molecule has 0 aliphatic heterocycles. The molecule has 2 atom stereocenters. The largest absolute Gasteiger partial charge is 0.465 e. The van der Waals surface area contributed by atoms with Crippen LogP contribution in [0.5, 0.6) is 0 Å². The molecule has 1 N–H and O–H groups in total. The van der Waals surface area contributed by atoms with Crippen LogP contribution in [0, 0.1) is 11.7 Å². The first-order valence-electron chi connectivity index (χ1n) is 8.16. The number of hydrogen-bond acceptors (Lipinski definition) is 3. The van der Waals surface area contributed by atoms with Crippen LogP contribution in [0.1, 0.15) is 53.5 Å². The van der Waals surface area contributed by atoms with Gasteiger partial charge in [-0.3, -0.25) is 4.79 Å². The van der Waals surface area contributed by atoms with Crippen molar-refractivity contribution in [2.45, 2.75) is 58.2 Å². The summed E-state index contributed by atoms with van der Waals surface area (Å²) < 4.78 is 35.4. The monoisotopic (exact) mass is 435 g/mol. The minimum absolute atomic E-state index is 0.130. The van der Waals surface area contributed by atoms with Crippen LogP contribution < -0.4 is 4.72 Å². The van der Waals surface area contributed by atoms with Gasteiger partial charge >= 0.3 is 5.97 Å². The molecule has 25 heavy (non-hydrogen) atoms. The summed E-state index contributed by atoms with van der Waals surface area (Å²) in [5.74, 6) is -0.732. The highest BCUT2D eigenvalue weighted by Crippen LogP contribution is 2.31. The number of carbonyl (C=O) groups is 1. The fourth-order valence-corrected chi connectivity index (χ4v) is 3.32. The van der Waals surface area contributed by atoms with E-state index in [1.807, 2.05) is 34.6 Å². The highest BCUT2D eigenvalue weighted by Gasteiger charge is 2.37. The maximum atomic E-state index is 14.5. The first kappa shape index (κ1) is 22.3. The van der Waals surface area contributed by atoms with Crippen molar-refractivity contribution in [2.24, 2.45) is 5.92 Å². The van der Waals surface area contributed by atoms with Gasteiger partial charge in [0.1, 0.15) is 5.82 Å². The van der Waals surface area contributed by atoms with Crippen molar-refractivity contribution in [1.29, 1.82) is 0 Å². The van der Waals surface area contributed by atoms with E-state index in [1.165, 1.54) is 6.07 Å². The zero-order valence-electron chi connectivity index (χ0n) is 15.6. The lowest BCUT2D eigenvalue weighted by atomic mass is 9.89. The fraction of sp³-hybridized carbons (Fsp3) is 0.611. The summed E-state index contributed by atoms with van der Waals surface area (Å²) in [6.45, 7) is 11.3. The predicted molar refractivity (Wildman–Crippen MR) is 103 cm³/mol. The molecule has 4 nitrogen and oxygen atoms in total. The van der Waals surface area contributed by atoms with Crippen molar-refractivity contribution >= 4 is 32.9 Å². The number of nitrogens with one attached hydrogen (secondary N) is 1. The topological polar surface area (TPSA) is 55.4 Å². The van der Waals surface area contributed by atoms with Crippen LogP contribution in [-0.4, -0.2) is 21.5 Å². The lowest BCUT2D eigenvalue weighted by Gasteiger charge is -2.33. The van der Waals surface area contributed by atoms with Crippen molar-refractivity contribution in [1.82, 2.24) is 4.72 Å². The van der Waals surface area contributed by atoms with E-state index in [1.54, 1.807) is 19.1 Å². The van der Waals surface area contributed by atoms with Crippen molar-refractivity contribution in [3.63, 3.8) is 0 Å². The molecule has 0 saturated heterocycles. The molecule has 0 fully saturated rings. The Morgan fingerprint density at radius 2 is 1.92 bits per heavy atom. The Morgan fingerprint density at radius 1 is 1.32 bits per heavy atom. The molecule has 1 aromatic rings. The lowest BCUT2D eigenvalue weighted by Crippen LogP contribution is -2.48. The third kappa shape index (κ3) is 6.79. The van der Waals surface area contributed by atoms with Crippen molar-refractivity contribution in [3.05, 3.63) is 34.1 Å². The van der Waals surface area contributed by atoms with E-state index in [9.17, 15) is 13.4 Å². The number of halogens is 2. The van der Waals surface area contributed by atoms with Crippen molar-refractivity contribution in [2.75, 3.05) is 6.61 Å². The minimum Gasteiger partial charge on any atom is -0.465 e. The number of benzene rings is 1. The summed E-state index contributed by atoms with van der Waals surface area (Å²) in [6, 6.07) is 4.49. The highest BCUT2D eigenvalue weighted by molar-refractivity contribution is 9.10. The van der Waals surface area contributed by atoms with Gasteiger partial charge in [-0.05, 0) is 51.8 Å². The van der Waals surface area contributed by atoms with E-state index in [-0.39, 0.29) is 24.5 Å². The second-order valence-electron chi connectivity index (χ2n) is 7.69. The number of hydrogen-bond donors (Lipinski definition) is 1. The Hall–Kier alpha value is -0.790. The molecule has 142 valence electrons. The normalized spacial score (nSPS) is 15.7. The second kappa shape index (κ2) is 8.73. The van der Waals surface area contributed by atoms with Crippen LogP contribution in [-0.2, 0) is 26.1 Å².